The molecular weight excluding hydrogens is 432 g/mol. The first-order valence-corrected chi connectivity index (χ1v) is 12.1. The Kier molecular flexibility index (Phi) is 6.30. The van der Waals surface area contributed by atoms with Gasteiger partial charge in [-0.15, -0.1) is 0 Å². The van der Waals surface area contributed by atoms with Crippen molar-refractivity contribution in [3.8, 4) is 17.2 Å². The Morgan fingerprint density at radius 3 is 2.66 bits per heavy atom. The van der Waals surface area contributed by atoms with Crippen LogP contribution < -0.4 is 19.5 Å². The summed E-state index contributed by atoms with van der Waals surface area (Å²) in [4.78, 5) is 13.2. The molecule has 0 saturated carbocycles. The summed E-state index contributed by atoms with van der Waals surface area (Å²) >= 11 is 0. The summed E-state index contributed by atoms with van der Waals surface area (Å²) in [5, 5.41) is 2.97. The van der Waals surface area contributed by atoms with Crippen molar-refractivity contribution in [3.63, 3.8) is 0 Å². The number of benzene rings is 2. The van der Waals surface area contributed by atoms with E-state index >= 15 is 0 Å². The lowest BCUT2D eigenvalue weighted by Crippen LogP contribution is -2.46. The van der Waals surface area contributed by atoms with Crippen molar-refractivity contribution in [2.24, 2.45) is 0 Å². The number of rotatable bonds is 6. The smallest absolute Gasteiger partial charge is 0.243 e. The van der Waals surface area contributed by atoms with Crippen LogP contribution in [0.4, 0.5) is 0 Å². The summed E-state index contributed by atoms with van der Waals surface area (Å²) in [5.74, 6) is 1.28. The van der Waals surface area contributed by atoms with Crippen LogP contribution in [0.25, 0.3) is 0 Å². The lowest BCUT2D eigenvalue weighted by Gasteiger charge is -2.26. The molecule has 0 radical (unpaired) electrons. The highest BCUT2D eigenvalue weighted by atomic mass is 32.2. The number of hydrogen-bond acceptors (Lipinski definition) is 6. The molecule has 2 aliphatic rings. The van der Waals surface area contributed by atoms with Crippen molar-refractivity contribution in [1.82, 2.24) is 9.62 Å². The van der Waals surface area contributed by atoms with Crippen molar-refractivity contribution in [2.75, 3.05) is 26.9 Å². The highest BCUT2D eigenvalue weighted by Gasteiger charge is 2.40. The van der Waals surface area contributed by atoms with Crippen LogP contribution >= 0.6 is 0 Å². The predicted octanol–water partition coefficient (Wildman–Crippen LogP) is 2.81. The molecule has 2 aromatic carbocycles. The topological polar surface area (TPSA) is 94.2 Å². The zero-order valence-corrected chi connectivity index (χ0v) is 19.3. The zero-order chi connectivity index (χ0) is 22.9. The second-order valence-corrected chi connectivity index (χ2v) is 9.95. The van der Waals surface area contributed by atoms with E-state index in [0.29, 0.717) is 43.3 Å². The highest BCUT2D eigenvalue weighted by molar-refractivity contribution is 7.89. The van der Waals surface area contributed by atoms with Crippen LogP contribution in [0.15, 0.2) is 41.3 Å². The van der Waals surface area contributed by atoms with Gasteiger partial charge in [-0.1, -0.05) is 17.7 Å². The summed E-state index contributed by atoms with van der Waals surface area (Å²) in [6.45, 7) is 4.92. The summed E-state index contributed by atoms with van der Waals surface area (Å²) in [6, 6.07) is 9.22. The van der Waals surface area contributed by atoms with Gasteiger partial charge in [-0.2, -0.15) is 4.31 Å². The maximum Gasteiger partial charge on any atom is 0.243 e. The van der Waals surface area contributed by atoms with E-state index in [-0.39, 0.29) is 23.4 Å². The molecule has 0 bridgehead atoms. The molecule has 0 spiro atoms. The Balaban J connectivity index is 1.54. The van der Waals surface area contributed by atoms with Gasteiger partial charge in [-0.25, -0.2) is 8.42 Å². The molecule has 9 heteroatoms. The highest BCUT2D eigenvalue weighted by Crippen LogP contribution is 2.35. The Morgan fingerprint density at radius 1 is 1.16 bits per heavy atom. The summed E-state index contributed by atoms with van der Waals surface area (Å²) < 4.78 is 44.5. The summed E-state index contributed by atoms with van der Waals surface area (Å²) in [5.41, 5.74) is 1.89. The molecule has 1 N–H and O–H groups in total. The van der Waals surface area contributed by atoms with Gasteiger partial charge < -0.3 is 19.5 Å². The summed E-state index contributed by atoms with van der Waals surface area (Å²) in [6.07, 6.45) is 1.08. The molecule has 0 aliphatic carbocycles. The van der Waals surface area contributed by atoms with Crippen molar-refractivity contribution in [3.05, 3.63) is 47.5 Å². The van der Waals surface area contributed by atoms with Gasteiger partial charge in [0.15, 0.2) is 11.5 Å². The minimum atomic E-state index is -3.87. The molecular formula is C23H28N2O6S. The SMILES string of the molecule is COc1ccc(C)cc1C(C)NC(=O)C1CCCN1S(=O)(=O)c1ccc2c(c1)OCCO2. The molecule has 2 unspecified atom stereocenters. The molecule has 172 valence electrons. The number of amides is 1. The van der Waals surface area contributed by atoms with Crippen LogP contribution in [0.5, 0.6) is 17.2 Å². The Morgan fingerprint density at radius 2 is 1.91 bits per heavy atom. The first-order chi connectivity index (χ1) is 15.3. The lowest BCUT2D eigenvalue weighted by molar-refractivity contribution is -0.124. The van der Waals surface area contributed by atoms with E-state index in [9.17, 15) is 13.2 Å². The van der Waals surface area contributed by atoms with Crippen molar-refractivity contribution in [2.45, 2.75) is 43.7 Å². The van der Waals surface area contributed by atoms with Crippen LogP contribution in [0, 0.1) is 6.92 Å². The molecule has 1 saturated heterocycles. The second kappa shape index (κ2) is 8.99. The van der Waals surface area contributed by atoms with Crippen LogP contribution in [0.1, 0.15) is 36.9 Å². The van der Waals surface area contributed by atoms with E-state index in [1.165, 1.54) is 16.4 Å². The van der Waals surface area contributed by atoms with Gasteiger partial charge in [-0.3, -0.25) is 4.79 Å². The Labute approximate surface area is 188 Å². The average Bonchev–Trinajstić information content (AvgIpc) is 3.30. The third-order valence-corrected chi connectivity index (χ3v) is 7.74. The van der Waals surface area contributed by atoms with E-state index in [1.54, 1.807) is 13.2 Å². The molecule has 2 atom stereocenters. The number of nitrogens with one attached hydrogen (secondary N) is 1. The first kappa shape index (κ1) is 22.4. The van der Waals surface area contributed by atoms with Gasteiger partial charge in [0.1, 0.15) is 25.0 Å². The largest absolute Gasteiger partial charge is 0.496 e. The summed E-state index contributed by atoms with van der Waals surface area (Å²) in [7, 11) is -2.29. The number of aryl methyl sites for hydroxylation is 1. The number of ether oxygens (including phenoxy) is 3. The zero-order valence-electron chi connectivity index (χ0n) is 18.5. The number of nitrogens with zero attached hydrogens (tertiary/aromatic N) is 1. The quantitative estimate of drug-likeness (QED) is 0.713. The van der Waals surface area contributed by atoms with Gasteiger partial charge >= 0.3 is 0 Å². The number of hydrogen-bond donors (Lipinski definition) is 1. The lowest BCUT2D eigenvalue weighted by atomic mass is 10.0. The molecule has 0 aromatic heterocycles. The number of carbonyl (C=O) groups is 1. The number of carbonyl (C=O) groups excluding carboxylic acids is 1. The minimum Gasteiger partial charge on any atom is -0.496 e. The monoisotopic (exact) mass is 460 g/mol. The van der Waals surface area contributed by atoms with Crippen molar-refractivity contribution < 1.29 is 27.4 Å². The minimum absolute atomic E-state index is 0.0925. The molecule has 1 amide bonds. The van der Waals surface area contributed by atoms with Crippen LogP contribution in [-0.2, 0) is 14.8 Å². The fourth-order valence-corrected chi connectivity index (χ4v) is 5.86. The number of methoxy groups -OCH3 is 1. The van der Waals surface area contributed by atoms with Crippen LogP contribution in [0.2, 0.25) is 0 Å². The van der Waals surface area contributed by atoms with Crippen LogP contribution in [-0.4, -0.2) is 51.5 Å². The molecule has 2 heterocycles. The third-order valence-electron chi connectivity index (χ3n) is 5.84. The first-order valence-electron chi connectivity index (χ1n) is 10.7. The van der Waals surface area contributed by atoms with Gasteiger partial charge in [0, 0.05) is 18.2 Å². The van der Waals surface area contributed by atoms with Gasteiger partial charge in [0.05, 0.1) is 18.0 Å². The normalized spacial score (nSPS) is 19.4. The molecule has 32 heavy (non-hydrogen) atoms. The van der Waals surface area contributed by atoms with Gasteiger partial charge in [-0.05, 0) is 44.9 Å². The standard InChI is InChI=1S/C23H28N2O6S/c1-15-6-8-20(29-3)18(13-15)16(2)24-23(26)19-5-4-10-25(19)32(27,28)17-7-9-21-22(14-17)31-12-11-30-21/h6-9,13-14,16,19H,4-5,10-12H2,1-3H3,(H,24,26). The molecule has 8 nitrogen and oxygen atoms in total. The number of fused-ring (bicyclic) bond motifs is 1. The predicted molar refractivity (Wildman–Crippen MR) is 119 cm³/mol. The van der Waals surface area contributed by atoms with E-state index in [0.717, 1.165) is 11.1 Å². The molecule has 4 rings (SSSR count). The van der Waals surface area contributed by atoms with Gasteiger partial charge in [0.25, 0.3) is 0 Å². The Bertz CT molecular complexity index is 1120. The molecule has 2 aliphatic heterocycles. The molecule has 2 aromatic rings. The van der Waals surface area contributed by atoms with E-state index in [1.807, 2.05) is 32.0 Å². The maximum absolute atomic E-state index is 13.4. The van der Waals surface area contributed by atoms with Crippen LogP contribution in [0.3, 0.4) is 0 Å². The fourth-order valence-electron chi connectivity index (χ4n) is 4.19. The van der Waals surface area contributed by atoms with E-state index < -0.39 is 16.1 Å². The van der Waals surface area contributed by atoms with E-state index in [4.69, 9.17) is 14.2 Å². The average molecular weight is 461 g/mol. The van der Waals surface area contributed by atoms with E-state index in [2.05, 4.69) is 5.32 Å². The number of sulfonamides is 1. The second-order valence-electron chi connectivity index (χ2n) is 8.05. The Hall–Kier alpha value is -2.78. The van der Waals surface area contributed by atoms with Crippen molar-refractivity contribution >= 4 is 15.9 Å². The maximum atomic E-state index is 13.4. The third kappa shape index (κ3) is 4.27. The van der Waals surface area contributed by atoms with Gasteiger partial charge in [0.2, 0.25) is 15.9 Å². The molecule has 1 fully saturated rings. The van der Waals surface area contributed by atoms with Crippen molar-refractivity contribution in [1.29, 1.82) is 0 Å². The fraction of sp³-hybridized carbons (Fsp3) is 0.435.